The molecule has 106 valence electrons. The van der Waals surface area contributed by atoms with E-state index in [1.165, 1.54) is 0 Å². The van der Waals surface area contributed by atoms with Crippen molar-refractivity contribution in [3.63, 3.8) is 0 Å². The molecule has 2 rings (SSSR count). The summed E-state index contributed by atoms with van der Waals surface area (Å²) in [5.74, 6) is -0.0850. The summed E-state index contributed by atoms with van der Waals surface area (Å²) in [7, 11) is 0. The first-order valence-corrected chi connectivity index (χ1v) is 6.96. The Balaban J connectivity index is 2.32. The topological polar surface area (TPSA) is 68.0 Å². The van der Waals surface area contributed by atoms with Crippen LogP contribution in [-0.4, -0.2) is 16.9 Å². The maximum Gasteiger partial charge on any atom is 0.224 e. The van der Waals surface area contributed by atoms with Crippen LogP contribution in [0.15, 0.2) is 24.4 Å². The lowest BCUT2D eigenvalue weighted by Gasteiger charge is -2.12. The van der Waals surface area contributed by atoms with E-state index in [-0.39, 0.29) is 11.9 Å². The molecule has 0 aliphatic rings. The van der Waals surface area contributed by atoms with Crippen LogP contribution in [0.25, 0.3) is 10.9 Å². The lowest BCUT2D eigenvalue weighted by atomic mass is 10.1. The van der Waals surface area contributed by atoms with Crippen molar-refractivity contribution in [2.24, 2.45) is 5.73 Å². The quantitative estimate of drug-likeness (QED) is 0.908. The Morgan fingerprint density at radius 3 is 3.00 bits per heavy atom. The number of hydrogen-bond acceptors (Lipinski definition) is 3. The number of nitrogens with two attached hydrogens (primary N) is 1. The lowest BCUT2D eigenvalue weighted by molar-refractivity contribution is -0.116. The van der Waals surface area contributed by atoms with Crippen LogP contribution in [0.4, 0.5) is 5.69 Å². The van der Waals surface area contributed by atoms with E-state index >= 15 is 0 Å². The number of carbonyl (C=O) groups excluding carboxylic acids is 1. The summed E-state index contributed by atoms with van der Waals surface area (Å²) in [6, 6.07) is 5.56. The SMILES string of the molecule is Cc1cc(Cl)c(NC(=O)CCC(C)N)c2cccnc12. The molecule has 1 heterocycles. The third-order valence-corrected chi connectivity index (χ3v) is 3.42. The Kier molecular flexibility index (Phi) is 4.57. The molecule has 3 N–H and O–H groups in total. The number of benzene rings is 1. The molecule has 1 amide bonds. The van der Waals surface area contributed by atoms with Gasteiger partial charge < -0.3 is 11.1 Å². The van der Waals surface area contributed by atoms with Gasteiger partial charge in [0.15, 0.2) is 0 Å². The summed E-state index contributed by atoms with van der Waals surface area (Å²) in [5.41, 5.74) is 8.11. The second-order valence-corrected chi connectivity index (χ2v) is 5.42. The Morgan fingerprint density at radius 2 is 2.30 bits per heavy atom. The van der Waals surface area contributed by atoms with Gasteiger partial charge in [-0.3, -0.25) is 9.78 Å². The molecule has 20 heavy (non-hydrogen) atoms. The average Bonchev–Trinajstić information content (AvgIpc) is 2.41. The number of amides is 1. The van der Waals surface area contributed by atoms with Crippen molar-refractivity contribution >= 4 is 34.1 Å². The third-order valence-electron chi connectivity index (χ3n) is 3.12. The fourth-order valence-corrected chi connectivity index (χ4v) is 2.38. The number of nitrogens with zero attached hydrogens (tertiary/aromatic N) is 1. The van der Waals surface area contributed by atoms with Gasteiger partial charge in [0.05, 0.1) is 16.2 Å². The van der Waals surface area contributed by atoms with Gasteiger partial charge in [0.1, 0.15) is 0 Å². The predicted octanol–water partition coefficient (Wildman–Crippen LogP) is 3.26. The molecule has 0 aliphatic carbocycles. The number of rotatable bonds is 4. The van der Waals surface area contributed by atoms with Gasteiger partial charge in [-0.2, -0.15) is 0 Å². The number of pyridine rings is 1. The van der Waals surface area contributed by atoms with Gasteiger partial charge in [-0.25, -0.2) is 0 Å². The first kappa shape index (κ1) is 14.8. The highest BCUT2D eigenvalue weighted by atomic mass is 35.5. The van der Waals surface area contributed by atoms with Gasteiger partial charge in [0, 0.05) is 24.0 Å². The molecule has 1 atom stereocenters. The zero-order chi connectivity index (χ0) is 14.7. The second-order valence-electron chi connectivity index (χ2n) is 5.01. The Labute approximate surface area is 123 Å². The van der Waals surface area contributed by atoms with Crippen molar-refractivity contribution in [1.29, 1.82) is 0 Å². The minimum atomic E-state index is -0.0850. The zero-order valence-corrected chi connectivity index (χ0v) is 12.4. The number of carbonyl (C=O) groups is 1. The minimum absolute atomic E-state index is 0.00708. The molecule has 2 aromatic rings. The van der Waals surface area contributed by atoms with Crippen LogP contribution < -0.4 is 11.1 Å². The van der Waals surface area contributed by atoms with E-state index in [0.717, 1.165) is 16.5 Å². The first-order valence-electron chi connectivity index (χ1n) is 6.58. The van der Waals surface area contributed by atoms with E-state index < -0.39 is 0 Å². The van der Waals surface area contributed by atoms with Crippen molar-refractivity contribution in [2.45, 2.75) is 32.7 Å². The van der Waals surface area contributed by atoms with Crippen molar-refractivity contribution in [2.75, 3.05) is 5.32 Å². The first-order chi connectivity index (χ1) is 9.49. The molecular weight excluding hydrogens is 274 g/mol. The van der Waals surface area contributed by atoms with Crippen molar-refractivity contribution in [3.8, 4) is 0 Å². The van der Waals surface area contributed by atoms with E-state index in [1.807, 2.05) is 32.0 Å². The molecule has 1 aromatic heterocycles. The highest BCUT2D eigenvalue weighted by molar-refractivity contribution is 6.35. The fourth-order valence-electron chi connectivity index (χ4n) is 2.07. The number of aryl methyl sites for hydroxylation is 1. The molecule has 0 saturated carbocycles. The molecule has 0 bridgehead atoms. The minimum Gasteiger partial charge on any atom is -0.328 e. The number of halogens is 1. The van der Waals surface area contributed by atoms with E-state index in [1.54, 1.807) is 6.20 Å². The Hall–Kier alpha value is -1.65. The van der Waals surface area contributed by atoms with Crippen LogP contribution in [0.1, 0.15) is 25.3 Å². The summed E-state index contributed by atoms with van der Waals surface area (Å²) in [4.78, 5) is 16.3. The molecule has 0 fully saturated rings. The Morgan fingerprint density at radius 1 is 1.55 bits per heavy atom. The number of fused-ring (bicyclic) bond motifs is 1. The summed E-state index contributed by atoms with van der Waals surface area (Å²) in [6.45, 7) is 3.83. The van der Waals surface area contributed by atoms with Crippen molar-refractivity contribution in [3.05, 3.63) is 35.0 Å². The molecule has 0 radical (unpaired) electrons. The molecule has 1 aromatic carbocycles. The standard InChI is InChI=1S/C15H18ClN3O/c1-9-8-12(16)15(11-4-3-7-18-14(9)11)19-13(20)6-5-10(2)17/h3-4,7-8,10H,5-6,17H2,1-2H3,(H,19,20). The third kappa shape index (κ3) is 3.26. The molecule has 4 nitrogen and oxygen atoms in total. The molecule has 1 unspecified atom stereocenters. The van der Waals surface area contributed by atoms with Gasteiger partial charge in [0.25, 0.3) is 0 Å². The van der Waals surface area contributed by atoms with Crippen LogP contribution >= 0.6 is 11.6 Å². The summed E-state index contributed by atoms with van der Waals surface area (Å²) in [5, 5.41) is 4.25. The lowest BCUT2D eigenvalue weighted by Crippen LogP contribution is -2.19. The monoisotopic (exact) mass is 291 g/mol. The maximum absolute atomic E-state index is 12.0. The normalized spacial score (nSPS) is 12.4. The summed E-state index contributed by atoms with van der Waals surface area (Å²) in [6.07, 6.45) is 2.75. The predicted molar refractivity (Wildman–Crippen MR) is 83.0 cm³/mol. The molecular formula is C15H18ClN3O. The van der Waals surface area contributed by atoms with Crippen molar-refractivity contribution < 1.29 is 4.79 Å². The zero-order valence-electron chi connectivity index (χ0n) is 11.6. The fraction of sp³-hybridized carbons (Fsp3) is 0.333. The van der Waals surface area contributed by atoms with Gasteiger partial charge in [-0.15, -0.1) is 0 Å². The number of aromatic nitrogens is 1. The van der Waals surface area contributed by atoms with E-state index in [2.05, 4.69) is 10.3 Å². The van der Waals surface area contributed by atoms with Crippen LogP contribution in [0, 0.1) is 6.92 Å². The molecule has 5 heteroatoms. The largest absolute Gasteiger partial charge is 0.328 e. The van der Waals surface area contributed by atoms with Gasteiger partial charge in [0.2, 0.25) is 5.91 Å². The molecule has 0 spiro atoms. The number of hydrogen-bond donors (Lipinski definition) is 2. The molecule has 0 aliphatic heterocycles. The van der Waals surface area contributed by atoms with Crippen LogP contribution in [0.3, 0.4) is 0 Å². The van der Waals surface area contributed by atoms with E-state index in [4.69, 9.17) is 17.3 Å². The van der Waals surface area contributed by atoms with E-state index in [9.17, 15) is 4.79 Å². The van der Waals surface area contributed by atoms with Crippen molar-refractivity contribution in [1.82, 2.24) is 4.98 Å². The highest BCUT2D eigenvalue weighted by Gasteiger charge is 2.12. The number of anilines is 1. The van der Waals surface area contributed by atoms with Gasteiger partial charge >= 0.3 is 0 Å². The summed E-state index contributed by atoms with van der Waals surface area (Å²) < 4.78 is 0. The van der Waals surface area contributed by atoms with Gasteiger partial charge in [-0.05, 0) is 44.0 Å². The smallest absolute Gasteiger partial charge is 0.224 e. The van der Waals surface area contributed by atoms with Gasteiger partial charge in [-0.1, -0.05) is 11.6 Å². The van der Waals surface area contributed by atoms with Crippen LogP contribution in [0.5, 0.6) is 0 Å². The average molecular weight is 292 g/mol. The summed E-state index contributed by atoms with van der Waals surface area (Å²) >= 11 is 6.25. The maximum atomic E-state index is 12.0. The molecule has 0 saturated heterocycles. The second kappa shape index (κ2) is 6.20. The van der Waals surface area contributed by atoms with Crippen LogP contribution in [0.2, 0.25) is 5.02 Å². The number of nitrogens with one attached hydrogen (secondary N) is 1. The van der Waals surface area contributed by atoms with E-state index in [0.29, 0.717) is 23.6 Å². The highest BCUT2D eigenvalue weighted by Crippen LogP contribution is 2.32. The van der Waals surface area contributed by atoms with Crippen LogP contribution in [-0.2, 0) is 4.79 Å². The Bertz CT molecular complexity index is 640.